The number of rotatable bonds is 2. The number of pyridine rings is 1. The second kappa shape index (κ2) is 4.59. The molecule has 0 fully saturated rings. The first-order chi connectivity index (χ1) is 8.06. The van der Waals surface area contributed by atoms with Crippen molar-refractivity contribution in [2.45, 2.75) is 13.8 Å². The van der Waals surface area contributed by atoms with Gasteiger partial charge in [-0.2, -0.15) is 0 Å². The monoisotopic (exact) mass is 250 g/mol. The number of nitrogens with zero attached hydrogens (tertiary/aromatic N) is 1. The van der Waals surface area contributed by atoms with E-state index < -0.39 is 0 Å². The van der Waals surface area contributed by atoms with Gasteiger partial charge in [-0.25, -0.2) is 4.98 Å². The molecule has 0 aliphatic rings. The Kier molecular flexibility index (Phi) is 3.15. The van der Waals surface area contributed by atoms with Crippen LogP contribution in [0.15, 0.2) is 29.0 Å². The molecule has 17 heavy (non-hydrogen) atoms. The Morgan fingerprint density at radius 2 is 2.18 bits per heavy atom. The molecule has 0 spiro atoms. The van der Waals surface area contributed by atoms with Gasteiger partial charge in [-0.3, -0.25) is 4.79 Å². The largest absolute Gasteiger partial charge is 0.469 e. The van der Waals surface area contributed by atoms with Gasteiger partial charge in [0.25, 0.3) is 5.91 Å². The van der Waals surface area contributed by atoms with E-state index in [0.29, 0.717) is 22.2 Å². The quantitative estimate of drug-likeness (QED) is 0.833. The zero-order valence-corrected chi connectivity index (χ0v) is 10.2. The number of aromatic nitrogens is 1. The molecule has 0 radical (unpaired) electrons. The predicted molar refractivity (Wildman–Crippen MR) is 65.4 cm³/mol. The van der Waals surface area contributed by atoms with Crippen LogP contribution in [0.3, 0.4) is 0 Å². The van der Waals surface area contributed by atoms with E-state index in [-0.39, 0.29) is 5.91 Å². The molecule has 2 aromatic heterocycles. The van der Waals surface area contributed by atoms with Gasteiger partial charge in [0.15, 0.2) is 0 Å². The molecular weight excluding hydrogens is 240 g/mol. The molecular formula is C12H11ClN2O2. The summed E-state index contributed by atoms with van der Waals surface area (Å²) in [4.78, 5) is 15.7. The molecule has 88 valence electrons. The molecule has 0 aromatic carbocycles. The van der Waals surface area contributed by atoms with Crippen molar-refractivity contribution in [1.82, 2.24) is 4.98 Å². The molecule has 1 N–H and O–H groups in total. The van der Waals surface area contributed by atoms with Crippen LogP contribution in [0.1, 0.15) is 21.7 Å². The van der Waals surface area contributed by atoms with Crippen molar-refractivity contribution in [2.24, 2.45) is 0 Å². The van der Waals surface area contributed by atoms with Gasteiger partial charge in [-0.1, -0.05) is 11.6 Å². The van der Waals surface area contributed by atoms with E-state index in [0.717, 1.165) is 5.56 Å². The summed E-state index contributed by atoms with van der Waals surface area (Å²) in [6, 6.07) is 3.44. The van der Waals surface area contributed by atoms with Crippen molar-refractivity contribution in [3.05, 3.63) is 46.6 Å². The highest BCUT2D eigenvalue weighted by Gasteiger charge is 2.09. The Morgan fingerprint density at radius 1 is 1.41 bits per heavy atom. The Bertz CT molecular complexity index is 563. The lowest BCUT2D eigenvalue weighted by Gasteiger charge is -2.04. The van der Waals surface area contributed by atoms with E-state index in [2.05, 4.69) is 10.3 Å². The number of nitrogens with one attached hydrogen (secondary N) is 1. The smallest absolute Gasteiger partial charge is 0.258 e. The molecule has 0 bridgehead atoms. The Balaban J connectivity index is 2.15. The minimum atomic E-state index is -0.231. The normalized spacial score (nSPS) is 10.3. The van der Waals surface area contributed by atoms with Crippen LogP contribution in [-0.4, -0.2) is 10.9 Å². The average Bonchev–Trinajstić information content (AvgIpc) is 2.70. The van der Waals surface area contributed by atoms with E-state index in [9.17, 15) is 4.79 Å². The number of anilines is 1. The number of hydrogen-bond donors (Lipinski definition) is 1. The predicted octanol–water partition coefficient (Wildman–Crippen LogP) is 3.20. The number of carbonyl (C=O) groups excluding carboxylic acids is 1. The minimum Gasteiger partial charge on any atom is -0.469 e. The molecule has 2 heterocycles. The third-order valence-electron chi connectivity index (χ3n) is 2.26. The van der Waals surface area contributed by atoms with Crippen LogP contribution >= 0.6 is 11.6 Å². The van der Waals surface area contributed by atoms with Crippen molar-refractivity contribution in [2.75, 3.05) is 5.32 Å². The maximum atomic E-state index is 11.8. The van der Waals surface area contributed by atoms with Gasteiger partial charge in [0, 0.05) is 0 Å². The number of aryl methyl sites for hydroxylation is 2. The molecule has 1 amide bonds. The highest BCUT2D eigenvalue weighted by atomic mass is 35.5. The Hall–Kier alpha value is -1.81. The number of hydrogen-bond acceptors (Lipinski definition) is 3. The molecule has 0 saturated carbocycles. The molecule has 0 unspecified atom stereocenters. The van der Waals surface area contributed by atoms with E-state index in [4.69, 9.17) is 16.0 Å². The lowest BCUT2D eigenvalue weighted by molar-refractivity contribution is 0.102. The molecule has 0 aliphatic carbocycles. The Morgan fingerprint density at radius 3 is 2.76 bits per heavy atom. The van der Waals surface area contributed by atoms with E-state index >= 15 is 0 Å². The van der Waals surface area contributed by atoms with E-state index in [1.165, 1.54) is 12.5 Å². The second-order valence-corrected chi connectivity index (χ2v) is 4.09. The summed E-state index contributed by atoms with van der Waals surface area (Å²) in [6.07, 6.45) is 2.93. The second-order valence-electron chi connectivity index (χ2n) is 3.73. The van der Waals surface area contributed by atoms with E-state index in [1.54, 1.807) is 19.1 Å². The van der Waals surface area contributed by atoms with Crippen LogP contribution in [-0.2, 0) is 0 Å². The molecule has 0 aliphatic heterocycles. The highest BCUT2D eigenvalue weighted by molar-refractivity contribution is 6.30. The van der Waals surface area contributed by atoms with Gasteiger partial charge in [0.05, 0.1) is 17.4 Å². The number of furan rings is 1. The number of carbonyl (C=O) groups is 1. The first kappa shape index (κ1) is 11.7. The van der Waals surface area contributed by atoms with Gasteiger partial charge in [0.2, 0.25) is 0 Å². The number of amides is 1. The molecule has 0 saturated heterocycles. The fraction of sp³-hybridized carbons (Fsp3) is 0.167. The molecule has 2 rings (SSSR count). The zero-order valence-electron chi connectivity index (χ0n) is 9.45. The van der Waals surface area contributed by atoms with Crippen LogP contribution in [0.2, 0.25) is 5.15 Å². The van der Waals surface area contributed by atoms with E-state index in [1.807, 2.05) is 6.92 Å². The summed E-state index contributed by atoms with van der Waals surface area (Å²) in [5.74, 6) is 0.464. The maximum Gasteiger partial charge on any atom is 0.258 e. The van der Waals surface area contributed by atoms with Crippen molar-refractivity contribution >= 4 is 23.2 Å². The standard InChI is InChI=1S/C12H11ClN2O2/c1-7-3-10(5-14-11(7)13)15-12(16)9-4-8(2)17-6-9/h3-6H,1-2H3,(H,15,16). The SMILES string of the molecule is Cc1cc(C(=O)Nc2cnc(Cl)c(C)c2)co1. The molecule has 2 aromatic rings. The first-order valence-corrected chi connectivity index (χ1v) is 5.42. The van der Waals surface area contributed by atoms with Crippen LogP contribution in [0, 0.1) is 13.8 Å². The summed E-state index contributed by atoms with van der Waals surface area (Å²) in [6.45, 7) is 3.61. The van der Waals surface area contributed by atoms with Gasteiger partial charge >= 0.3 is 0 Å². The fourth-order valence-corrected chi connectivity index (χ4v) is 1.50. The average molecular weight is 251 g/mol. The summed E-state index contributed by atoms with van der Waals surface area (Å²) in [7, 11) is 0. The topological polar surface area (TPSA) is 55.1 Å². The maximum absolute atomic E-state index is 11.8. The zero-order chi connectivity index (χ0) is 12.4. The Labute approximate surface area is 104 Å². The summed E-state index contributed by atoms with van der Waals surface area (Å²) >= 11 is 5.80. The number of halogens is 1. The lowest BCUT2D eigenvalue weighted by Crippen LogP contribution is -2.11. The summed E-state index contributed by atoms with van der Waals surface area (Å²) in [5, 5.41) is 3.15. The third kappa shape index (κ3) is 2.65. The molecule has 4 nitrogen and oxygen atoms in total. The highest BCUT2D eigenvalue weighted by Crippen LogP contribution is 2.17. The van der Waals surface area contributed by atoms with Crippen molar-refractivity contribution in [1.29, 1.82) is 0 Å². The van der Waals surface area contributed by atoms with Crippen LogP contribution in [0.5, 0.6) is 0 Å². The summed E-state index contributed by atoms with van der Waals surface area (Å²) < 4.78 is 5.07. The minimum absolute atomic E-state index is 0.231. The first-order valence-electron chi connectivity index (χ1n) is 5.05. The molecule has 5 heteroatoms. The third-order valence-corrected chi connectivity index (χ3v) is 2.66. The fourth-order valence-electron chi connectivity index (χ4n) is 1.39. The van der Waals surface area contributed by atoms with Gasteiger partial charge in [-0.15, -0.1) is 0 Å². The molecule has 0 atom stereocenters. The van der Waals surface area contributed by atoms with Crippen molar-refractivity contribution < 1.29 is 9.21 Å². The van der Waals surface area contributed by atoms with Gasteiger partial charge < -0.3 is 9.73 Å². The lowest BCUT2D eigenvalue weighted by atomic mass is 10.2. The van der Waals surface area contributed by atoms with Crippen LogP contribution in [0.25, 0.3) is 0 Å². The van der Waals surface area contributed by atoms with Crippen molar-refractivity contribution in [3.8, 4) is 0 Å². The van der Waals surface area contributed by atoms with Gasteiger partial charge in [-0.05, 0) is 31.5 Å². The van der Waals surface area contributed by atoms with Gasteiger partial charge in [0.1, 0.15) is 17.2 Å². The summed E-state index contributed by atoms with van der Waals surface area (Å²) in [5.41, 5.74) is 1.90. The van der Waals surface area contributed by atoms with Crippen LogP contribution in [0.4, 0.5) is 5.69 Å². The van der Waals surface area contributed by atoms with Crippen molar-refractivity contribution in [3.63, 3.8) is 0 Å². The van der Waals surface area contributed by atoms with Crippen LogP contribution < -0.4 is 5.32 Å².